The number of fused-ring (bicyclic) bond motifs is 1. The number of H-pyrrole nitrogens is 1. The van der Waals surface area contributed by atoms with E-state index in [1.54, 1.807) is 6.07 Å². The molecule has 0 amide bonds. The zero-order valence-electron chi connectivity index (χ0n) is 6.57. The molecule has 0 radical (unpaired) electrons. The van der Waals surface area contributed by atoms with Crippen molar-refractivity contribution in [3.63, 3.8) is 0 Å². The number of hydrogen-bond acceptors (Lipinski definition) is 4. The molecule has 13 heavy (non-hydrogen) atoms. The normalized spacial score (nSPS) is 10.8. The van der Waals surface area contributed by atoms with Crippen molar-refractivity contribution < 1.29 is 10.2 Å². The molecule has 0 aliphatic carbocycles. The van der Waals surface area contributed by atoms with Gasteiger partial charge < -0.3 is 15.2 Å². The van der Waals surface area contributed by atoms with Gasteiger partial charge in [0.15, 0.2) is 0 Å². The first kappa shape index (κ1) is 8.28. The Morgan fingerprint density at radius 3 is 2.92 bits per heavy atom. The smallest absolute Gasteiger partial charge is 0.305 e. The number of aromatic hydroxyl groups is 1. The maximum atomic E-state index is 11.0. The highest BCUT2D eigenvalue weighted by Gasteiger charge is 2.07. The second kappa shape index (κ2) is 2.86. The Labute approximate surface area is 77.1 Å². The Bertz CT molecular complexity index is 500. The molecular formula is C8H7NO3S. The molecule has 0 saturated carbocycles. The van der Waals surface area contributed by atoms with Crippen LogP contribution >= 0.6 is 11.3 Å². The molecule has 68 valence electrons. The van der Waals surface area contributed by atoms with Gasteiger partial charge in [-0.3, -0.25) is 4.79 Å². The summed E-state index contributed by atoms with van der Waals surface area (Å²) in [4.78, 5) is 13.3. The highest BCUT2D eigenvalue weighted by molar-refractivity contribution is 7.16. The third kappa shape index (κ3) is 1.22. The molecule has 1 heterocycles. The molecule has 3 N–H and O–H groups in total. The summed E-state index contributed by atoms with van der Waals surface area (Å²) in [7, 11) is 0. The summed E-state index contributed by atoms with van der Waals surface area (Å²) >= 11 is 0.986. The van der Waals surface area contributed by atoms with Gasteiger partial charge in [-0.1, -0.05) is 17.4 Å². The number of benzene rings is 1. The maximum absolute atomic E-state index is 11.0. The van der Waals surface area contributed by atoms with Crippen LogP contribution in [0.1, 0.15) is 5.56 Å². The molecule has 1 aromatic heterocycles. The van der Waals surface area contributed by atoms with Crippen molar-refractivity contribution in [3.05, 3.63) is 27.4 Å². The van der Waals surface area contributed by atoms with E-state index >= 15 is 0 Å². The average molecular weight is 197 g/mol. The summed E-state index contributed by atoms with van der Waals surface area (Å²) in [6.45, 7) is -0.134. The van der Waals surface area contributed by atoms with E-state index in [9.17, 15) is 9.90 Å². The van der Waals surface area contributed by atoms with Gasteiger partial charge in [0.25, 0.3) is 0 Å². The summed E-state index contributed by atoms with van der Waals surface area (Å²) in [5.41, 5.74) is 1.05. The van der Waals surface area contributed by atoms with Crippen LogP contribution in [0.5, 0.6) is 5.75 Å². The molecule has 4 nitrogen and oxygen atoms in total. The maximum Gasteiger partial charge on any atom is 0.305 e. The van der Waals surface area contributed by atoms with Crippen LogP contribution in [0.25, 0.3) is 10.2 Å². The summed E-state index contributed by atoms with van der Waals surface area (Å²) in [5.74, 6) is 0.0329. The van der Waals surface area contributed by atoms with Crippen LogP contribution < -0.4 is 4.87 Å². The lowest BCUT2D eigenvalue weighted by molar-refractivity contribution is 0.283. The zero-order chi connectivity index (χ0) is 9.42. The van der Waals surface area contributed by atoms with Crippen molar-refractivity contribution in [3.8, 4) is 5.75 Å². The van der Waals surface area contributed by atoms with Crippen molar-refractivity contribution in [1.29, 1.82) is 0 Å². The fourth-order valence-electron chi connectivity index (χ4n) is 1.20. The predicted molar refractivity (Wildman–Crippen MR) is 50.0 cm³/mol. The molecule has 5 heteroatoms. The number of phenolic OH excluding ortho intramolecular Hbond substituents is 1. The summed E-state index contributed by atoms with van der Waals surface area (Å²) in [5, 5.41) is 18.3. The minimum absolute atomic E-state index is 0.0329. The highest BCUT2D eigenvalue weighted by atomic mass is 32.1. The minimum atomic E-state index is -0.230. The van der Waals surface area contributed by atoms with E-state index < -0.39 is 0 Å². The molecule has 0 bridgehead atoms. The van der Waals surface area contributed by atoms with E-state index in [4.69, 9.17) is 5.11 Å². The number of aromatic amines is 1. The van der Waals surface area contributed by atoms with E-state index in [2.05, 4.69) is 4.98 Å². The van der Waals surface area contributed by atoms with Crippen LogP contribution in [-0.2, 0) is 6.61 Å². The number of rotatable bonds is 1. The second-order valence-corrected chi connectivity index (χ2v) is 3.60. The SMILES string of the molecule is O=c1[nH]c2c(O)ccc(CO)c2s1. The highest BCUT2D eigenvalue weighted by Crippen LogP contribution is 2.27. The first-order valence-corrected chi connectivity index (χ1v) is 4.48. The van der Waals surface area contributed by atoms with E-state index in [0.717, 1.165) is 11.3 Å². The van der Waals surface area contributed by atoms with Crippen LogP contribution in [-0.4, -0.2) is 15.2 Å². The van der Waals surface area contributed by atoms with Gasteiger partial charge in [-0.15, -0.1) is 0 Å². The largest absolute Gasteiger partial charge is 0.506 e. The number of thiazole rings is 1. The molecule has 1 aromatic carbocycles. The van der Waals surface area contributed by atoms with Crippen LogP contribution in [0.4, 0.5) is 0 Å². The first-order valence-electron chi connectivity index (χ1n) is 3.67. The van der Waals surface area contributed by atoms with Crippen molar-refractivity contribution >= 4 is 21.6 Å². The molecule has 2 aromatic rings. The molecule has 0 unspecified atom stereocenters. The van der Waals surface area contributed by atoms with Crippen LogP contribution in [0.15, 0.2) is 16.9 Å². The fraction of sp³-hybridized carbons (Fsp3) is 0.125. The Balaban J connectivity index is 2.91. The van der Waals surface area contributed by atoms with E-state index in [1.165, 1.54) is 6.07 Å². The van der Waals surface area contributed by atoms with Crippen molar-refractivity contribution in [2.75, 3.05) is 0 Å². The summed E-state index contributed by atoms with van der Waals surface area (Å²) < 4.78 is 0.618. The number of aliphatic hydroxyl groups excluding tert-OH is 1. The molecular weight excluding hydrogens is 190 g/mol. The third-order valence-corrected chi connectivity index (χ3v) is 2.77. The second-order valence-electron chi connectivity index (χ2n) is 2.62. The van der Waals surface area contributed by atoms with E-state index in [-0.39, 0.29) is 17.2 Å². The van der Waals surface area contributed by atoms with Gasteiger partial charge in [-0.25, -0.2) is 0 Å². The Morgan fingerprint density at radius 1 is 1.46 bits per heavy atom. The number of phenols is 1. The van der Waals surface area contributed by atoms with Crippen LogP contribution in [0.2, 0.25) is 0 Å². The average Bonchev–Trinajstić information content (AvgIpc) is 2.48. The summed E-state index contributed by atoms with van der Waals surface area (Å²) in [6, 6.07) is 3.05. The quantitative estimate of drug-likeness (QED) is 0.632. The lowest BCUT2D eigenvalue weighted by Crippen LogP contribution is -1.89. The fourth-order valence-corrected chi connectivity index (χ4v) is 2.06. The molecule has 0 aliphatic rings. The lowest BCUT2D eigenvalue weighted by Gasteiger charge is -1.98. The molecule has 0 atom stereocenters. The molecule has 0 aliphatic heterocycles. The van der Waals surface area contributed by atoms with E-state index in [1.807, 2.05) is 0 Å². The number of aliphatic hydroxyl groups is 1. The third-order valence-electron chi connectivity index (χ3n) is 1.81. The van der Waals surface area contributed by atoms with Gasteiger partial charge in [0.2, 0.25) is 0 Å². The van der Waals surface area contributed by atoms with Crippen LogP contribution in [0, 0.1) is 0 Å². The molecule has 0 spiro atoms. The van der Waals surface area contributed by atoms with Gasteiger partial charge in [-0.2, -0.15) is 0 Å². The Morgan fingerprint density at radius 2 is 2.23 bits per heavy atom. The van der Waals surface area contributed by atoms with Gasteiger partial charge in [0.1, 0.15) is 11.3 Å². The van der Waals surface area contributed by atoms with Gasteiger partial charge in [-0.05, 0) is 11.6 Å². The van der Waals surface area contributed by atoms with E-state index in [0.29, 0.717) is 15.8 Å². The zero-order valence-corrected chi connectivity index (χ0v) is 7.39. The minimum Gasteiger partial charge on any atom is -0.506 e. The monoisotopic (exact) mass is 197 g/mol. The molecule has 0 fully saturated rings. The Kier molecular flexibility index (Phi) is 1.82. The predicted octanol–water partition coefficient (Wildman–Crippen LogP) is 0.787. The lowest BCUT2D eigenvalue weighted by atomic mass is 10.2. The number of nitrogens with one attached hydrogen (secondary N) is 1. The summed E-state index contributed by atoms with van der Waals surface area (Å²) in [6.07, 6.45) is 0. The number of hydrogen-bond donors (Lipinski definition) is 3. The van der Waals surface area contributed by atoms with Crippen molar-refractivity contribution in [1.82, 2.24) is 4.98 Å². The van der Waals surface area contributed by atoms with Crippen molar-refractivity contribution in [2.45, 2.75) is 6.61 Å². The Hall–Kier alpha value is -1.33. The van der Waals surface area contributed by atoms with Gasteiger partial charge >= 0.3 is 4.87 Å². The molecule has 2 rings (SSSR count). The van der Waals surface area contributed by atoms with Gasteiger partial charge in [0, 0.05) is 0 Å². The number of aromatic nitrogens is 1. The molecule has 0 saturated heterocycles. The van der Waals surface area contributed by atoms with Gasteiger partial charge in [0.05, 0.1) is 11.3 Å². The topological polar surface area (TPSA) is 73.3 Å². The first-order chi connectivity index (χ1) is 6.22. The standard InChI is InChI=1S/C8H7NO3S/c10-3-4-1-2-5(11)6-7(4)13-8(12)9-6/h1-2,10-11H,3H2,(H,9,12). The van der Waals surface area contributed by atoms with Crippen LogP contribution in [0.3, 0.4) is 0 Å². The van der Waals surface area contributed by atoms with Crippen molar-refractivity contribution in [2.24, 2.45) is 0 Å².